The Morgan fingerprint density at radius 1 is 1.06 bits per heavy atom. The molecular formula is C25H28N4O5S. The first-order chi connectivity index (χ1) is 16.9. The highest BCUT2D eigenvalue weighted by molar-refractivity contribution is 7.89. The Labute approximate surface area is 205 Å². The van der Waals surface area contributed by atoms with Crippen LogP contribution in [0.5, 0.6) is 0 Å². The molecule has 0 radical (unpaired) electrons. The molecule has 1 amide bonds. The van der Waals surface area contributed by atoms with E-state index >= 15 is 0 Å². The lowest BCUT2D eigenvalue weighted by Crippen LogP contribution is -2.46. The number of benzene rings is 2. The molecule has 1 aliphatic heterocycles. The van der Waals surface area contributed by atoms with Crippen molar-refractivity contribution >= 4 is 27.6 Å². The summed E-state index contributed by atoms with van der Waals surface area (Å²) in [6.45, 7) is 3.36. The molecule has 184 valence electrons. The van der Waals surface area contributed by atoms with Gasteiger partial charge in [-0.3, -0.25) is 4.79 Å². The van der Waals surface area contributed by atoms with E-state index in [2.05, 4.69) is 5.32 Å². The Kier molecular flexibility index (Phi) is 9.00. The lowest BCUT2D eigenvalue weighted by atomic mass is 10.1. The number of anilines is 1. The molecule has 10 heteroatoms. The van der Waals surface area contributed by atoms with Gasteiger partial charge in [-0.05, 0) is 30.7 Å². The lowest BCUT2D eigenvalue weighted by Gasteiger charge is -2.33. The third kappa shape index (κ3) is 6.68. The number of esters is 1. The van der Waals surface area contributed by atoms with E-state index in [1.807, 2.05) is 13.0 Å². The van der Waals surface area contributed by atoms with Crippen molar-refractivity contribution in [2.45, 2.75) is 24.7 Å². The van der Waals surface area contributed by atoms with E-state index in [9.17, 15) is 23.3 Å². The molecule has 0 atom stereocenters. The SMILES string of the molecule is CCCCOC(=O)c1ccccc1NC(=O)/C(C#N)=C\N1CCN(S(=O)(=O)c2ccccc2)CC1. The van der Waals surface area contributed by atoms with Gasteiger partial charge in [-0.25, -0.2) is 13.2 Å². The maximum absolute atomic E-state index is 12.8. The normalized spacial score (nSPS) is 14.7. The van der Waals surface area contributed by atoms with Crippen molar-refractivity contribution in [3.8, 4) is 6.07 Å². The fourth-order valence-electron chi connectivity index (χ4n) is 3.48. The molecule has 1 N–H and O–H groups in total. The second kappa shape index (κ2) is 12.1. The highest BCUT2D eigenvalue weighted by atomic mass is 32.2. The van der Waals surface area contributed by atoms with Crippen molar-refractivity contribution in [1.29, 1.82) is 5.26 Å². The van der Waals surface area contributed by atoms with Crippen molar-refractivity contribution in [1.82, 2.24) is 9.21 Å². The number of carbonyl (C=O) groups excluding carboxylic acids is 2. The van der Waals surface area contributed by atoms with Crippen LogP contribution in [0.3, 0.4) is 0 Å². The molecule has 2 aromatic rings. The minimum Gasteiger partial charge on any atom is -0.462 e. The molecule has 0 spiro atoms. The average Bonchev–Trinajstić information content (AvgIpc) is 2.88. The highest BCUT2D eigenvalue weighted by Gasteiger charge is 2.28. The third-order valence-corrected chi connectivity index (χ3v) is 7.37. The van der Waals surface area contributed by atoms with Crippen LogP contribution < -0.4 is 5.32 Å². The lowest BCUT2D eigenvalue weighted by molar-refractivity contribution is -0.112. The van der Waals surface area contributed by atoms with E-state index in [1.54, 1.807) is 59.5 Å². The summed E-state index contributed by atoms with van der Waals surface area (Å²) in [6, 6.07) is 16.5. The van der Waals surface area contributed by atoms with Crippen LogP contribution in [0.4, 0.5) is 5.69 Å². The minimum atomic E-state index is -3.60. The van der Waals surface area contributed by atoms with Gasteiger partial charge in [0.1, 0.15) is 11.6 Å². The van der Waals surface area contributed by atoms with E-state index in [4.69, 9.17) is 4.74 Å². The molecule has 0 unspecified atom stereocenters. The summed E-state index contributed by atoms with van der Waals surface area (Å²) in [5, 5.41) is 12.2. The number of amides is 1. The summed E-state index contributed by atoms with van der Waals surface area (Å²) in [7, 11) is -3.60. The fraction of sp³-hybridized carbons (Fsp3) is 0.320. The van der Waals surface area contributed by atoms with E-state index in [0.29, 0.717) is 13.1 Å². The number of carbonyl (C=O) groups is 2. The van der Waals surface area contributed by atoms with Gasteiger partial charge in [0.2, 0.25) is 10.0 Å². The summed E-state index contributed by atoms with van der Waals surface area (Å²) in [6.07, 6.45) is 3.04. The molecule has 1 aliphatic rings. The number of hydrogen-bond acceptors (Lipinski definition) is 7. The Hall–Kier alpha value is -3.68. The molecule has 0 aliphatic carbocycles. The Morgan fingerprint density at radius 3 is 2.37 bits per heavy atom. The monoisotopic (exact) mass is 496 g/mol. The molecule has 35 heavy (non-hydrogen) atoms. The van der Waals surface area contributed by atoms with Crippen LogP contribution in [0.1, 0.15) is 30.1 Å². The summed E-state index contributed by atoms with van der Waals surface area (Å²) < 4.78 is 32.2. The molecule has 0 saturated carbocycles. The molecule has 1 fully saturated rings. The largest absolute Gasteiger partial charge is 0.462 e. The van der Waals surface area contributed by atoms with Crippen LogP contribution in [0.15, 0.2) is 71.3 Å². The summed E-state index contributed by atoms with van der Waals surface area (Å²) >= 11 is 0. The van der Waals surface area contributed by atoms with Crippen LogP contribution in [-0.2, 0) is 19.6 Å². The van der Waals surface area contributed by atoms with E-state index in [-0.39, 0.29) is 41.4 Å². The van der Waals surface area contributed by atoms with Crippen molar-refractivity contribution in [3.63, 3.8) is 0 Å². The van der Waals surface area contributed by atoms with Gasteiger partial charge in [0, 0.05) is 32.4 Å². The first-order valence-corrected chi connectivity index (χ1v) is 12.8. The van der Waals surface area contributed by atoms with Gasteiger partial charge in [-0.1, -0.05) is 43.7 Å². The predicted octanol–water partition coefficient (Wildman–Crippen LogP) is 3.00. The van der Waals surface area contributed by atoms with E-state index in [0.717, 1.165) is 12.8 Å². The van der Waals surface area contributed by atoms with Gasteiger partial charge in [0.05, 0.1) is 22.8 Å². The first-order valence-electron chi connectivity index (χ1n) is 11.4. The topological polar surface area (TPSA) is 120 Å². The Morgan fingerprint density at radius 2 is 1.71 bits per heavy atom. The second-order valence-corrected chi connectivity index (χ2v) is 9.83. The zero-order valence-corrected chi connectivity index (χ0v) is 20.3. The minimum absolute atomic E-state index is 0.154. The number of unbranched alkanes of at least 4 members (excludes halogenated alkanes) is 1. The number of nitrogens with zero attached hydrogens (tertiary/aromatic N) is 3. The standard InChI is InChI=1S/C25H28N4O5S/c1-2-3-17-34-25(31)22-11-7-8-12-23(22)27-24(30)20(18-26)19-28-13-15-29(16-14-28)35(32,33)21-9-5-4-6-10-21/h4-12,19H,2-3,13-17H2,1H3,(H,27,30)/b20-19-. The zero-order chi connectivity index (χ0) is 25.3. The maximum atomic E-state index is 12.8. The summed E-state index contributed by atoms with van der Waals surface area (Å²) in [5.41, 5.74) is 0.298. The van der Waals surface area contributed by atoms with Gasteiger partial charge < -0.3 is 15.0 Å². The highest BCUT2D eigenvalue weighted by Crippen LogP contribution is 2.19. The number of piperazine rings is 1. The number of nitriles is 1. The fourth-order valence-corrected chi connectivity index (χ4v) is 4.93. The van der Waals surface area contributed by atoms with Gasteiger partial charge in [0.25, 0.3) is 5.91 Å². The van der Waals surface area contributed by atoms with E-state index < -0.39 is 21.9 Å². The molecule has 1 heterocycles. The Bertz CT molecular complexity index is 1210. The predicted molar refractivity (Wildman–Crippen MR) is 131 cm³/mol. The number of ether oxygens (including phenoxy) is 1. The number of sulfonamides is 1. The molecule has 9 nitrogen and oxygen atoms in total. The Balaban J connectivity index is 1.65. The summed E-state index contributed by atoms with van der Waals surface area (Å²) in [4.78, 5) is 27.1. The second-order valence-electron chi connectivity index (χ2n) is 7.90. The quantitative estimate of drug-likeness (QED) is 0.245. The molecule has 0 aromatic heterocycles. The van der Waals surface area contributed by atoms with Gasteiger partial charge in [0.15, 0.2) is 0 Å². The molecule has 1 saturated heterocycles. The molecule has 0 bridgehead atoms. The molecular weight excluding hydrogens is 468 g/mol. The number of rotatable bonds is 9. The average molecular weight is 497 g/mol. The van der Waals surface area contributed by atoms with Crippen molar-refractivity contribution in [2.24, 2.45) is 0 Å². The van der Waals surface area contributed by atoms with Crippen LogP contribution in [0.25, 0.3) is 0 Å². The van der Waals surface area contributed by atoms with Gasteiger partial charge >= 0.3 is 5.97 Å². The van der Waals surface area contributed by atoms with Crippen molar-refractivity contribution in [3.05, 3.63) is 71.9 Å². The number of para-hydroxylation sites is 1. The van der Waals surface area contributed by atoms with Crippen LogP contribution in [0.2, 0.25) is 0 Å². The van der Waals surface area contributed by atoms with Crippen LogP contribution in [0, 0.1) is 11.3 Å². The van der Waals surface area contributed by atoms with Gasteiger partial charge in [-0.15, -0.1) is 0 Å². The van der Waals surface area contributed by atoms with E-state index in [1.165, 1.54) is 10.5 Å². The molecule has 2 aromatic carbocycles. The van der Waals surface area contributed by atoms with Gasteiger partial charge in [-0.2, -0.15) is 9.57 Å². The number of nitrogens with one attached hydrogen (secondary N) is 1. The van der Waals surface area contributed by atoms with Crippen LogP contribution in [-0.4, -0.2) is 62.3 Å². The number of hydrogen-bond donors (Lipinski definition) is 1. The van der Waals surface area contributed by atoms with Crippen LogP contribution >= 0.6 is 0 Å². The molecule has 3 rings (SSSR count). The van der Waals surface area contributed by atoms with Crippen molar-refractivity contribution < 1.29 is 22.7 Å². The third-order valence-electron chi connectivity index (χ3n) is 5.46. The summed E-state index contributed by atoms with van der Waals surface area (Å²) in [5.74, 6) is -1.21. The zero-order valence-electron chi connectivity index (χ0n) is 19.5. The maximum Gasteiger partial charge on any atom is 0.340 e. The smallest absolute Gasteiger partial charge is 0.340 e. The first kappa shape index (κ1) is 25.9. The van der Waals surface area contributed by atoms with Crippen molar-refractivity contribution in [2.75, 3.05) is 38.1 Å².